The second kappa shape index (κ2) is 7.61. The minimum Gasteiger partial charge on any atom is -0.380 e. The zero-order valence-electron chi connectivity index (χ0n) is 13.6. The summed E-state index contributed by atoms with van der Waals surface area (Å²) in [7, 11) is 0. The van der Waals surface area contributed by atoms with Gasteiger partial charge in [0.25, 0.3) is 0 Å². The Morgan fingerprint density at radius 3 is 2.21 bits per heavy atom. The van der Waals surface area contributed by atoms with Crippen molar-refractivity contribution in [2.45, 2.75) is 47.5 Å². The van der Waals surface area contributed by atoms with Crippen LogP contribution in [0.3, 0.4) is 0 Å². The zero-order valence-corrected chi connectivity index (χ0v) is 13.6. The lowest BCUT2D eigenvalue weighted by molar-refractivity contribution is 0.0178. The summed E-state index contributed by atoms with van der Waals surface area (Å²) in [5.41, 5.74) is 0.737. The summed E-state index contributed by atoms with van der Waals surface area (Å²) in [5.74, 6) is 0. The summed E-state index contributed by atoms with van der Waals surface area (Å²) in [6.07, 6.45) is 2.39. The van der Waals surface area contributed by atoms with Gasteiger partial charge in [-0.1, -0.05) is 34.6 Å². The Morgan fingerprint density at radius 1 is 1.00 bits per heavy atom. The van der Waals surface area contributed by atoms with Crippen LogP contribution in [0.4, 0.5) is 0 Å². The first-order valence-corrected chi connectivity index (χ1v) is 7.71. The highest BCUT2D eigenvalue weighted by Crippen LogP contribution is 2.41. The quantitative estimate of drug-likeness (QED) is 0.664. The molecule has 0 spiro atoms. The van der Waals surface area contributed by atoms with Gasteiger partial charge in [0.15, 0.2) is 0 Å². The van der Waals surface area contributed by atoms with Crippen molar-refractivity contribution in [3.63, 3.8) is 0 Å². The van der Waals surface area contributed by atoms with E-state index in [0.29, 0.717) is 10.8 Å². The summed E-state index contributed by atoms with van der Waals surface area (Å²) < 4.78 is 11.1. The minimum absolute atomic E-state index is 0.362. The highest BCUT2D eigenvalue weighted by atomic mass is 16.5. The third-order valence-electron chi connectivity index (χ3n) is 4.78. The van der Waals surface area contributed by atoms with E-state index in [1.165, 1.54) is 6.42 Å². The van der Waals surface area contributed by atoms with Crippen molar-refractivity contribution in [2.24, 2.45) is 10.8 Å². The molecule has 1 heterocycles. The smallest absolute Gasteiger partial charge is 0.0594 e. The average Bonchev–Trinajstić information content (AvgIpc) is 2.33. The van der Waals surface area contributed by atoms with E-state index in [-0.39, 0.29) is 0 Å². The monoisotopic (exact) mass is 271 g/mol. The molecule has 1 saturated heterocycles. The maximum Gasteiger partial charge on any atom is 0.0594 e. The van der Waals surface area contributed by atoms with E-state index in [2.05, 4.69) is 39.5 Å². The van der Waals surface area contributed by atoms with Crippen molar-refractivity contribution in [1.82, 2.24) is 4.90 Å². The van der Waals surface area contributed by atoms with Gasteiger partial charge >= 0.3 is 0 Å². The molecule has 0 atom stereocenters. The first-order valence-electron chi connectivity index (χ1n) is 7.71. The van der Waals surface area contributed by atoms with E-state index in [1.807, 2.05) is 0 Å². The van der Waals surface area contributed by atoms with Crippen molar-refractivity contribution < 1.29 is 9.47 Å². The number of hydrogen-bond donors (Lipinski definition) is 0. The average molecular weight is 271 g/mol. The molecule has 0 unspecified atom stereocenters. The predicted molar refractivity (Wildman–Crippen MR) is 80.5 cm³/mol. The molecule has 1 rings (SSSR count). The maximum absolute atomic E-state index is 5.76. The Morgan fingerprint density at radius 2 is 1.63 bits per heavy atom. The van der Waals surface area contributed by atoms with E-state index in [9.17, 15) is 0 Å². The molecule has 3 heteroatoms. The molecule has 0 radical (unpaired) electrons. The Bertz CT molecular complexity index is 240. The van der Waals surface area contributed by atoms with Gasteiger partial charge in [-0.2, -0.15) is 0 Å². The normalized spacial score (nSPS) is 18.8. The highest BCUT2D eigenvalue weighted by Gasteiger charge is 2.31. The fourth-order valence-corrected chi connectivity index (χ4v) is 2.11. The molecule has 114 valence electrons. The van der Waals surface area contributed by atoms with Crippen LogP contribution in [0.2, 0.25) is 0 Å². The standard InChI is InChI=1S/C16H33NO2/c1-15(2,3)16(4,5)7-6-11-18-12-8-17-9-13-19-14-10-17/h6-14H2,1-5H3. The molecule has 0 saturated carbocycles. The van der Waals surface area contributed by atoms with Crippen molar-refractivity contribution in [3.8, 4) is 0 Å². The number of morpholine rings is 1. The summed E-state index contributed by atoms with van der Waals surface area (Å²) in [6, 6.07) is 0. The van der Waals surface area contributed by atoms with Crippen molar-refractivity contribution in [3.05, 3.63) is 0 Å². The van der Waals surface area contributed by atoms with Gasteiger partial charge in [-0.05, 0) is 23.7 Å². The molecular formula is C16H33NO2. The van der Waals surface area contributed by atoms with Crippen LogP contribution in [0.25, 0.3) is 0 Å². The van der Waals surface area contributed by atoms with E-state index in [4.69, 9.17) is 9.47 Å². The van der Waals surface area contributed by atoms with Gasteiger partial charge in [-0.25, -0.2) is 0 Å². The molecule has 0 amide bonds. The summed E-state index contributed by atoms with van der Waals surface area (Å²) in [5, 5.41) is 0. The number of ether oxygens (including phenoxy) is 2. The molecule has 3 nitrogen and oxygen atoms in total. The topological polar surface area (TPSA) is 21.7 Å². The predicted octanol–water partition coefficient (Wildman–Crippen LogP) is 3.19. The largest absolute Gasteiger partial charge is 0.380 e. The van der Waals surface area contributed by atoms with Crippen LogP contribution in [0.5, 0.6) is 0 Å². The molecule has 0 aliphatic carbocycles. The van der Waals surface area contributed by atoms with E-state index < -0.39 is 0 Å². The number of rotatable bonds is 7. The van der Waals surface area contributed by atoms with E-state index >= 15 is 0 Å². The SMILES string of the molecule is CC(C)(C)C(C)(C)CCCOCCN1CCOCC1. The van der Waals surface area contributed by atoms with Gasteiger partial charge in [0.05, 0.1) is 19.8 Å². The lowest BCUT2D eigenvalue weighted by Gasteiger charge is -2.39. The Kier molecular flexibility index (Phi) is 6.78. The lowest BCUT2D eigenvalue weighted by atomic mass is 9.67. The second-order valence-corrected chi connectivity index (χ2v) is 7.30. The summed E-state index contributed by atoms with van der Waals surface area (Å²) in [6.45, 7) is 18.4. The van der Waals surface area contributed by atoms with Crippen molar-refractivity contribution in [1.29, 1.82) is 0 Å². The van der Waals surface area contributed by atoms with Crippen molar-refractivity contribution in [2.75, 3.05) is 46.1 Å². The molecule has 1 fully saturated rings. The second-order valence-electron chi connectivity index (χ2n) is 7.30. The highest BCUT2D eigenvalue weighted by molar-refractivity contribution is 4.82. The summed E-state index contributed by atoms with van der Waals surface area (Å²) >= 11 is 0. The Labute approximate surface area is 119 Å². The molecular weight excluding hydrogens is 238 g/mol. The van der Waals surface area contributed by atoms with Gasteiger partial charge in [0, 0.05) is 26.2 Å². The number of hydrogen-bond acceptors (Lipinski definition) is 3. The van der Waals surface area contributed by atoms with E-state index in [1.54, 1.807) is 0 Å². The molecule has 0 bridgehead atoms. The molecule has 1 aliphatic heterocycles. The van der Waals surface area contributed by atoms with E-state index in [0.717, 1.165) is 52.5 Å². The molecule has 19 heavy (non-hydrogen) atoms. The van der Waals surface area contributed by atoms with Crippen LogP contribution in [-0.2, 0) is 9.47 Å². The van der Waals surface area contributed by atoms with Gasteiger partial charge < -0.3 is 9.47 Å². The Balaban J connectivity index is 2.02. The van der Waals surface area contributed by atoms with Crippen molar-refractivity contribution >= 4 is 0 Å². The van der Waals surface area contributed by atoms with Gasteiger partial charge in [-0.3, -0.25) is 4.90 Å². The van der Waals surface area contributed by atoms with Crippen LogP contribution < -0.4 is 0 Å². The fourth-order valence-electron chi connectivity index (χ4n) is 2.11. The Hall–Kier alpha value is -0.120. The third-order valence-corrected chi connectivity index (χ3v) is 4.78. The first kappa shape index (κ1) is 16.9. The molecule has 0 aromatic heterocycles. The van der Waals surface area contributed by atoms with Crippen LogP contribution in [0.15, 0.2) is 0 Å². The zero-order chi connectivity index (χ0) is 14.4. The number of nitrogens with zero attached hydrogens (tertiary/aromatic N) is 1. The van der Waals surface area contributed by atoms with Gasteiger partial charge in [0.1, 0.15) is 0 Å². The molecule has 0 aromatic carbocycles. The first-order chi connectivity index (χ1) is 8.83. The van der Waals surface area contributed by atoms with Crippen LogP contribution in [-0.4, -0.2) is 51.0 Å². The third kappa shape index (κ3) is 6.24. The van der Waals surface area contributed by atoms with Gasteiger partial charge in [-0.15, -0.1) is 0 Å². The van der Waals surface area contributed by atoms with Gasteiger partial charge in [0.2, 0.25) is 0 Å². The molecule has 0 N–H and O–H groups in total. The maximum atomic E-state index is 5.76. The minimum atomic E-state index is 0.362. The van der Waals surface area contributed by atoms with Crippen LogP contribution >= 0.6 is 0 Å². The lowest BCUT2D eigenvalue weighted by Crippen LogP contribution is -2.38. The van der Waals surface area contributed by atoms with Crippen LogP contribution in [0, 0.1) is 10.8 Å². The summed E-state index contributed by atoms with van der Waals surface area (Å²) in [4.78, 5) is 2.42. The molecule has 1 aliphatic rings. The fraction of sp³-hybridized carbons (Fsp3) is 1.00. The molecule has 0 aromatic rings. The van der Waals surface area contributed by atoms with Crippen LogP contribution in [0.1, 0.15) is 47.5 Å².